The summed E-state index contributed by atoms with van der Waals surface area (Å²) in [4.78, 5) is 20.0. The van der Waals surface area contributed by atoms with E-state index in [1.165, 1.54) is 0 Å². The highest BCUT2D eigenvalue weighted by molar-refractivity contribution is 9.10. The molecule has 1 aromatic carbocycles. The zero-order valence-electron chi connectivity index (χ0n) is 11.0. The van der Waals surface area contributed by atoms with Crippen molar-refractivity contribution in [3.05, 3.63) is 56.7 Å². The van der Waals surface area contributed by atoms with Gasteiger partial charge in [-0.15, -0.1) is 0 Å². The Bertz CT molecular complexity index is 843. The summed E-state index contributed by atoms with van der Waals surface area (Å²) in [6.45, 7) is 0. The number of methoxy groups -OCH3 is 1. The van der Waals surface area contributed by atoms with Crippen LogP contribution in [0.1, 0.15) is 15.9 Å². The van der Waals surface area contributed by atoms with Crippen LogP contribution in [0, 0.1) is 0 Å². The van der Waals surface area contributed by atoms with Gasteiger partial charge in [0.25, 0.3) is 0 Å². The fourth-order valence-electron chi connectivity index (χ4n) is 2.16. The van der Waals surface area contributed by atoms with Gasteiger partial charge in [-0.25, -0.2) is 4.98 Å². The number of ether oxygens (including phenoxy) is 1. The summed E-state index contributed by atoms with van der Waals surface area (Å²) in [6.07, 6.45) is 3.36. The van der Waals surface area contributed by atoms with Crippen molar-refractivity contribution in [1.82, 2.24) is 9.97 Å². The van der Waals surface area contributed by atoms with E-state index in [2.05, 4.69) is 41.8 Å². The van der Waals surface area contributed by atoms with E-state index in [1.54, 1.807) is 31.6 Å². The van der Waals surface area contributed by atoms with Crippen molar-refractivity contribution in [2.45, 2.75) is 0 Å². The van der Waals surface area contributed by atoms with E-state index in [-0.39, 0.29) is 5.78 Å². The monoisotopic (exact) mass is 408 g/mol. The summed E-state index contributed by atoms with van der Waals surface area (Å²) in [7, 11) is 1.55. The third-order valence-electron chi connectivity index (χ3n) is 3.15. The van der Waals surface area contributed by atoms with E-state index in [0.29, 0.717) is 22.5 Å². The SMILES string of the molecule is COc1cc(Br)ccc1C(=O)c1c[nH]c2ncc(Br)cc12. The topological polar surface area (TPSA) is 55.0 Å². The van der Waals surface area contributed by atoms with Crippen molar-refractivity contribution in [1.29, 1.82) is 0 Å². The van der Waals surface area contributed by atoms with E-state index >= 15 is 0 Å². The second kappa shape index (κ2) is 5.61. The van der Waals surface area contributed by atoms with Gasteiger partial charge in [-0.3, -0.25) is 4.79 Å². The minimum atomic E-state index is -0.106. The van der Waals surface area contributed by atoms with Crippen LogP contribution in [0.25, 0.3) is 11.0 Å². The van der Waals surface area contributed by atoms with Gasteiger partial charge in [-0.2, -0.15) is 0 Å². The first kappa shape index (κ1) is 14.3. The molecule has 0 aliphatic carbocycles. The highest BCUT2D eigenvalue weighted by atomic mass is 79.9. The Balaban J connectivity index is 2.15. The number of fused-ring (bicyclic) bond motifs is 1. The van der Waals surface area contributed by atoms with E-state index < -0.39 is 0 Å². The van der Waals surface area contributed by atoms with Crippen molar-refractivity contribution in [2.24, 2.45) is 0 Å². The van der Waals surface area contributed by atoms with Gasteiger partial charge in [0.1, 0.15) is 11.4 Å². The zero-order valence-corrected chi connectivity index (χ0v) is 14.2. The van der Waals surface area contributed by atoms with Crippen LogP contribution in [-0.2, 0) is 0 Å². The van der Waals surface area contributed by atoms with Crippen molar-refractivity contribution in [3.8, 4) is 5.75 Å². The third kappa shape index (κ3) is 2.61. The van der Waals surface area contributed by atoms with Crippen LogP contribution >= 0.6 is 31.9 Å². The van der Waals surface area contributed by atoms with Crippen molar-refractivity contribution in [2.75, 3.05) is 7.11 Å². The number of halogens is 2. The van der Waals surface area contributed by atoms with E-state index in [9.17, 15) is 4.79 Å². The first-order valence-corrected chi connectivity index (χ1v) is 7.69. The Morgan fingerprint density at radius 3 is 2.76 bits per heavy atom. The second-order valence-electron chi connectivity index (χ2n) is 4.43. The maximum Gasteiger partial charge on any atom is 0.198 e. The fourth-order valence-corrected chi connectivity index (χ4v) is 2.83. The number of aromatic amines is 1. The summed E-state index contributed by atoms with van der Waals surface area (Å²) < 4.78 is 6.98. The van der Waals surface area contributed by atoms with Gasteiger partial charge in [0, 0.05) is 32.3 Å². The first-order valence-electron chi connectivity index (χ1n) is 6.11. The number of pyridine rings is 1. The highest BCUT2D eigenvalue weighted by Gasteiger charge is 2.18. The molecule has 0 saturated carbocycles. The molecule has 0 aliphatic rings. The number of carbonyl (C=O) groups is 1. The molecule has 3 rings (SSSR count). The molecule has 0 radical (unpaired) electrons. The maximum atomic E-state index is 12.8. The van der Waals surface area contributed by atoms with Gasteiger partial charge in [-0.1, -0.05) is 15.9 Å². The molecule has 1 N–H and O–H groups in total. The number of hydrogen-bond donors (Lipinski definition) is 1. The third-order valence-corrected chi connectivity index (χ3v) is 4.08. The maximum absolute atomic E-state index is 12.8. The van der Waals surface area contributed by atoms with Gasteiger partial charge in [0.15, 0.2) is 5.78 Å². The minimum Gasteiger partial charge on any atom is -0.496 e. The smallest absolute Gasteiger partial charge is 0.198 e. The van der Waals surface area contributed by atoms with E-state index in [1.807, 2.05) is 12.1 Å². The molecule has 0 unspecified atom stereocenters. The Hall–Kier alpha value is -1.66. The predicted octanol–water partition coefficient (Wildman–Crippen LogP) is 4.33. The summed E-state index contributed by atoms with van der Waals surface area (Å²) in [5.41, 5.74) is 1.76. The Labute approximate surface area is 137 Å². The van der Waals surface area contributed by atoms with Crippen LogP contribution in [0.2, 0.25) is 0 Å². The van der Waals surface area contributed by atoms with Crippen LogP contribution in [0.4, 0.5) is 0 Å². The lowest BCUT2D eigenvalue weighted by atomic mass is 10.0. The molecule has 4 nitrogen and oxygen atoms in total. The number of ketones is 1. The molecular weight excluding hydrogens is 400 g/mol. The molecule has 21 heavy (non-hydrogen) atoms. The van der Waals surface area contributed by atoms with Crippen LogP contribution in [-0.4, -0.2) is 22.9 Å². The summed E-state index contributed by atoms with van der Waals surface area (Å²) in [5, 5.41) is 0.777. The molecule has 2 aromatic heterocycles. The number of H-pyrrole nitrogens is 1. The van der Waals surface area contributed by atoms with Gasteiger partial charge in [-0.05, 0) is 40.2 Å². The number of nitrogens with one attached hydrogen (secondary N) is 1. The Morgan fingerprint density at radius 1 is 1.19 bits per heavy atom. The van der Waals surface area contributed by atoms with Crippen LogP contribution in [0.3, 0.4) is 0 Å². The summed E-state index contributed by atoms with van der Waals surface area (Å²) >= 11 is 6.75. The quantitative estimate of drug-likeness (QED) is 0.655. The van der Waals surface area contributed by atoms with E-state index in [0.717, 1.165) is 14.3 Å². The molecule has 0 aliphatic heterocycles. The second-order valence-corrected chi connectivity index (χ2v) is 6.26. The van der Waals surface area contributed by atoms with Crippen LogP contribution in [0.15, 0.2) is 45.6 Å². The van der Waals surface area contributed by atoms with Crippen LogP contribution < -0.4 is 4.74 Å². The molecule has 106 valence electrons. The molecule has 0 fully saturated rings. The Kier molecular flexibility index (Phi) is 3.82. The lowest BCUT2D eigenvalue weighted by Crippen LogP contribution is -2.03. The highest BCUT2D eigenvalue weighted by Crippen LogP contribution is 2.28. The molecule has 6 heteroatoms. The predicted molar refractivity (Wildman–Crippen MR) is 87.9 cm³/mol. The van der Waals surface area contributed by atoms with Gasteiger partial charge in [0.2, 0.25) is 0 Å². The van der Waals surface area contributed by atoms with E-state index in [4.69, 9.17) is 4.74 Å². The molecule has 3 aromatic rings. The zero-order chi connectivity index (χ0) is 15.0. The van der Waals surface area contributed by atoms with Gasteiger partial charge >= 0.3 is 0 Å². The number of benzene rings is 1. The molecular formula is C15H10Br2N2O2. The fraction of sp³-hybridized carbons (Fsp3) is 0.0667. The van der Waals surface area contributed by atoms with Crippen LogP contribution in [0.5, 0.6) is 5.75 Å². The Morgan fingerprint density at radius 2 is 2.00 bits per heavy atom. The summed E-state index contributed by atoms with van der Waals surface area (Å²) in [6, 6.07) is 7.21. The van der Waals surface area contributed by atoms with Crippen molar-refractivity contribution in [3.63, 3.8) is 0 Å². The minimum absolute atomic E-state index is 0.106. The molecule has 0 atom stereocenters. The lowest BCUT2D eigenvalue weighted by molar-refractivity contribution is 0.103. The van der Waals surface area contributed by atoms with Crippen molar-refractivity contribution >= 4 is 48.7 Å². The molecule has 2 heterocycles. The molecule has 0 spiro atoms. The molecule has 0 bridgehead atoms. The molecule has 0 amide bonds. The number of carbonyl (C=O) groups excluding carboxylic acids is 1. The number of aromatic nitrogens is 2. The number of nitrogens with zero attached hydrogens (tertiary/aromatic N) is 1. The van der Waals surface area contributed by atoms with Crippen molar-refractivity contribution < 1.29 is 9.53 Å². The first-order chi connectivity index (χ1) is 10.1. The largest absolute Gasteiger partial charge is 0.496 e. The number of hydrogen-bond acceptors (Lipinski definition) is 3. The average Bonchev–Trinajstić information content (AvgIpc) is 2.89. The lowest BCUT2D eigenvalue weighted by Gasteiger charge is -2.07. The average molecular weight is 410 g/mol. The standard InChI is InChI=1S/C15H10Br2N2O2/c1-21-13-5-8(16)2-3-10(13)14(20)12-7-19-15-11(12)4-9(17)6-18-15/h2-7H,1H3,(H,18,19). The normalized spacial score (nSPS) is 10.8. The number of rotatable bonds is 3. The van der Waals surface area contributed by atoms with Gasteiger partial charge < -0.3 is 9.72 Å². The van der Waals surface area contributed by atoms with Gasteiger partial charge in [0.05, 0.1) is 12.7 Å². The summed E-state index contributed by atoms with van der Waals surface area (Å²) in [5.74, 6) is 0.428. The molecule has 0 saturated heterocycles.